The lowest BCUT2D eigenvalue weighted by Crippen LogP contribution is -2.18. The standard InChI is InChI=1S/C24H21F2N3O2S/c25-19-8-6-18(7-9-19)23-27-28-24(29(23)21-12-10-20(26)11-13-21)32-16-22(30)15-31-14-17-4-2-1-3-5-17/h1-13,22,30H,14-16H2/t22-/m1/s1. The van der Waals surface area contributed by atoms with Crippen LogP contribution in [0.2, 0.25) is 0 Å². The summed E-state index contributed by atoms with van der Waals surface area (Å²) in [6, 6.07) is 21.6. The van der Waals surface area contributed by atoms with Crippen molar-refractivity contribution < 1.29 is 18.6 Å². The van der Waals surface area contributed by atoms with Gasteiger partial charge in [0, 0.05) is 17.0 Å². The van der Waals surface area contributed by atoms with Gasteiger partial charge in [0.05, 0.1) is 19.3 Å². The molecule has 5 nitrogen and oxygen atoms in total. The topological polar surface area (TPSA) is 60.2 Å². The Kier molecular flexibility index (Phi) is 7.26. The molecule has 1 aromatic heterocycles. The molecule has 0 spiro atoms. The van der Waals surface area contributed by atoms with Gasteiger partial charge in [0.15, 0.2) is 11.0 Å². The minimum absolute atomic E-state index is 0.178. The van der Waals surface area contributed by atoms with Crippen molar-refractivity contribution in [1.29, 1.82) is 0 Å². The third-order valence-electron chi connectivity index (χ3n) is 4.65. The van der Waals surface area contributed by atoms with Crippen molar-refractivity contribution in [3.8, 4) is 17.1 Å². The summed E-state index contributed by atoms with van der Waals surface area (Å²) >= 11 is 1.31. The van der Waals surface area contributed by atoms with Crippen LogP contribution in [0.1, 0.15) is 5.56 Å². The van der Waals surface area contributed by atoms with Gasteiger partial charge in [-0.15, -0.1) is 10.2 Å². The highest BCUT2D eigenvalue weighted by Crippen LogP contribution is 2.28. The molecule has 0 unspecified atom stereocenters. The Morgan fingerprint density at radius 2 is 1.53 bits per heavy atom. The first-order valence-corrected chi connectivity index (χ1v) is 11.0. The monoisotopic (exact) mass is 453 g/mol. The SMILES string of the molecule is O[C@H](COCc1ccccc1)CSc1nnc(-c2ccc(F)cc2)n1-c1ccc(F)cc1. The quantitative estimate of drug-likeness (QED) is 0.366. The Balaban J connectivity index is 1.48. The van der Waals surface area contributed by atoms with Gasteiger partial charge in [-0.05, 0) is 54.1 Å². The predicted octanol–water partition coefficient (Wildman–Crippen LogP) is 4.88. The number of hydrogen-bond donors (Lipinski definition) is 1. The molecule has 1 heterocycles. The van der Waals surface area contributed by atoms with E-state index in [9.17, 15) is 13.9 Å². The summed E-state index contributed by atoms with van der Waals surface area (Å²) in [6.45, 7) is 0.598. The number of halogens is 2. The van der Waals surface area contributed by atoms with E-state index in [0.29, 0.717) is 34.6 Å². The van der Waals surface area contributed by atoms with E-state index in [2.05, 4.69) is 10.2 Å². The molecule has 0 bridgehead atoms. The van der Waals surface area contributed by atoms with Crippen LogP contribution in [0.25, 0.3) is 17.1 Å². The second kappa shape index (κ2) is 10.5. The van der Waals surface area contributed by atoms with Crippen LogP contribution in [0.5, 0.6) is 0 Å². The van der Waals surface area contributed by atoms with Crippen molar-refractivity contribution in [2.24, 2.45) is 0 Å². The summed E-state index contributed by atoms with van der Waals surface area (Å²) in [5.74, 6) is 0.117. The number of thioether (sulfide) groups is 1. The Morgan fingerprint density at radius 1 is 0.875 bits per heavy atom. The molecule has 0 saturated heterocycles. The van der Waals surface area contributed by atoms with Crippen molar-refractivity contribution in [3.63, 3.8) is 0 Å². The molecule has 32 heavy (non-hydrogen) atoms. The van der Waals surface area contributed by atoms with Gasteiger partial charge in [0.2, 0.25) is 0 Å². The molecule has 4 aromatic rings. The smallest absolute Gasteiger partial charge is 0.196 e. The first-order chi connectivity index (χ1) is 15.6. The lowest BCUT2D eigenvalue weighted by atomic mass is 10.2. The van der Waals surface area contributed by atoms with E-state index in [1.54, 1.807) is 28.8 Å². The lowest BCUT2D eigenvalue weighted by molar-refractivity contribution is 0.0398. The molecular weight excluding hydrogens is 432 g/mol. The van der Waals surface area contributed by atoms with Crippen molar-refractivity contribution in [3.05, 3.63) is 96.1 Å². The maximum atomic E-state index is 13.5. The van der Waals surface area contributed by atoms with E-state index in [0.717, 1.165) is 5.56 Å². The van der Waals surface area contributed by atoms with Crippen LogP contribution >= 0.6 is 11.8 Å². The minimum atomic E-state index is -0.712. The van der Waals surface area contributed by atoms with Crippen molar-refractivity contribution >= 4 is 11.8 Å². The summed E-state index contributed by atoms with van der Waals surface area (Å²) in [6.07, 6.45) is -0.712. The zero-order chi connectivity index (χ0) is 22.3. The van der Waals surface area contributed by atoms with E-state index in [4.69, 9.17) is 4.74 Å². The fraction of sp³-hybridized carbons (Fsp3) is 0.167. The number of aliphatic hydroxyl groups excluding tert-OH is 1. The van der Waals surface area contributed by atoms with Crippen LogP contribution in [0.15, 0.2) is 84.0 Å². The Morgan fingerprint density at radius 3 is 2.22 bits per heavy atom. The molecule has 4 rings (SSSR count). The van der Waals surface area contributed by atoms with Gasteiger partial charge in [0.25, 0.3) is 0 Å². The summed E-state index contributed by atoms with van der Waals surface area (Å²) in [5, 5.41) is 19.4. The van der Waals surface area contributed by atoms with E-state index < -0.39 is 6.10 Å². The number of hydrogen-bond acceptors (Lipinski definition) is 5. The highest BCUT2D eigenvalue weighted by Gasteiger charge is 2.18. The second-order valence-corrected chi connectivity index (χ2v) is 8.08. The van der Waals surface area contributed by atoms with E-state index >= 15 is 0 Å². The van der Waals surface area contributed by atoms with E-state index in [1.165, 1.54) is 36.0 Å². The zero-order valence-corrected chi connectivity index (χ0v) is 17.9. The number of ether oxygens (including phenoxy) is 1. The number of aromatic nitrogens is 3. The fourth-order valence-corrected chi connectivity index (χ4v) is 3.94. The Bertz CT molecular complexity index is 1140. The van der Waals surface area contributed by atoms with Gasteiger partial charge in [0.1, 0.15) is 11.6 Å². The molecule has 0 saturated carbocycles. The average molecular weight is 454 g/mol. The molecule has 0 fully saturated rings. The first-order valence-electron chi connectivity index (χ1n) is 10.00. The molecule has 0 aliphatic carbocycles. The third-order valence-corrected chi connectivity index (χ3v) is 5.72. The Hall–Kier alpha value is -3.07. The van der Waals surface area contributed by atoms with Crippen LogP contribution in [-0.4, -0.2) is 38.3 Å². The number of nitrogens with zero attached hydrogens (tertiary/aromatic N) is 3. The number of rotatable bonds is 9. The van der Waals surface area contributed by atoms with Gasteiger partial charge in [-0.2, -0.15) is 0 Å². The van der Waals surface area contributed by atoms with Gasteiger partial charge < -0.3 is 9.84 Å². The van der Waals surface area contributed by atoms with Crippen molar-refractivity contribution in [1.82, 2.24) is 14.8 Å². The number of aliphatic hydroxyl groups is 1. The maximum absolute atomic E-state index is 13.5. The van der Waals surface area contributed by atoms with E-state index in [1.807, 2.05) is 30.3 Å². The third kappa shape index (κ3) is 5.59. The molecule has 1 atom stereocenters. The summed E-state index contributed by atoms with van der Waals surface area (Å²) in [4.78, 5) is 0. The first kappa shape index (κ1) is 22.1. The maximum Gasteiger partial charge on any atom is 0.196 e. The van der Waals surface area contributed by atoms with E-state index in [-0.39, 0.29) is 18.2 Å². The minimum Gasteiger partial charge on any atom is -0.390 e. The summed E-state index contributed by atoms with van der Waals surface area (Å²) in [7, 11) is 0. The number of benzene rings is 3. The van der Waals surface area contributed by atoms with Crippen LogP contribution in [-0.2, 0) is 11.3 Å². The van der Waals surface area contributed by atoms with Crippen molar-refractivity contribution in [2.75, 3.05) is 12.4 Å². The summed E-state index contributed by atoms with van der Waals surface area (Å²) < 4.78 is 34.2. The van der Waals surface area contributed by atoms with Crippen LogP contribution < -0.4 is 0 Å². The molecule has 1 N–H and O–H groups in total. The second-order valence-electron chi connectivity index (χ2n) is 7.09. The van der Waals surface area contributed by atoms with Gasteiger partial charge in [-0.25, -0.2) is 8.78 Å². The highest BCUT2D eigenvalue weighted by molar-refractivity contribution is 7.99. The normalized spacial score (nSPS) is 12.1. The molecule has 0 aliphatic rings. The Labute approximate surface area is 188 Å². The largest absolute Gasteiger partial charge is 0.390 e. The highest BCUT2D eigenvalue weighted by atomic mass is 32.2. The summed E-state index contributed by atoms with van der Waals surface area (Å²) in [5.41, 5.74) is 2.36. The molecule has 0 aliphatic heterocycles. The molecule has 164 valence electrons. The molecule has 0 amide bonds. The van der Waals surface area contributed by atoms with Gasteiger partial charge >= 0.3 is 0 Å². The predicted molar refractivity (Wildman–Crippen MR) is 120 cm³/mol. The lowest BCUT2D eigenvalue weighted by Gasteiger charge is -2.13. The van der Waals surface area contributed by atoms with Crippen LogP contribution in [0.4, 0.5) is 8.78 Å². The van der Waals surface area contributed by atoms with Gasteiger partial charge in [-0.3, -0.25) is 4.57 Å². The van der Waals surface area contributed by atoms with Crippen LogP contribution in [0, 0.1) is 11.6 Å². The molecule has 3 aromatic carbocycles. The molecular formula is C24H21F2N3O2S. The van der Waals surface area contributed by atoms with Crippen LogP contribution in [0.3, 0.4) is 0 Å². The average Bonchev–Trinajstić information content (AvgIpc) is 3.23. The van der Waals surface area contributed by atoms with Gasteiger partial charge in [-0.1, -0.05) is 42.1 Å². The fourth-order valence-electron chi connectivity index (χ4n) is 3.08. The van der Waals surface area contributed by atoms with Crippen molar-refractivity contribution in [2.45, 2.75) is 17.9 Å². The zero-order valence-electron chi connectivity index (χ0n) is 17.1. The molecule has 8 heteroatoms. The molecule has 0 radical (unpaired) electrons.